The summed E-state index contributed by atoms with van der Waals surface area (Å²) >= 11 is 1.64. The fraction of sp³-hybridized carbons (Fsp3) is 0.158. The van der Waals surface area contributed by atoms with E-state index in [1.807, 2.05) is 34.0 Å². The van der Waals surface area contributed by atoms with Crippen LogP contribution >= 0.6 is 11.8 Å². The van der Waals surface area contributed by atoms with Crippen LogP contribution in [0, 0.1) is 11.3 Å². The molecule has 1 aliphatic carbocycles. The van der Waals surface area contributed by atoms with E-state index in [0.717, 1.165) is 38.9 Å². The normalized spacial score (nSPS) is 16.6. The number of tetrazole rings is 1. The zero-order valence-corrected chi connectivity index (χ0v) is 26.0. The molecule has 1 unspecified atom stereocenters. The highest BCUT2D eigenvalue weighted by molar-refractivity contribution is 8.14. The lowest BCUT2D eigenvalue weighted by atomic mass is 9.77. The van der Waals surface area contributed by atoms with Crippen LogP contribution in [0.15, 0.2) is 140 Å². The van der Waals surface area contributed by atoms with E-state index in [-0.39, 0.29) is 0 Å². The summed E-state index contributed by atoms with van der Waals surface area (Å²) in [5.74, 6) is 1.37. The smallest absolute Gasteiger partial charge is 0.184 e. The molecule has 6 aromatic rings. The number of hydrogen-bond acceptors (Lipinski definition) is 6. The Hall–Kier alpha value is -5.05. The van der Waals surface area contributed by atoms with Crippen LogP contribution in [-0.4, -0.2) is 35.8 Å². The van der Waals surface area contributed by atoms with E-state index < -0.39 is 5.54 Å². The van der Waals surface area contributed by atoms with Gasteiger partial charge in [-0.1, -0.05) is 151 Å². The predicted molar refractivity (Wildman–Crippen MR) is 184 cm³/mol. The van der Waals surface area contributed by atoms with Gasteiger partial charge in [0.15, 0.2) is 11.0 Å². The molecule has 2 aliphatic rings. The maximum Gasteiger partial charge on any atom is 0.184 e. The van der Waals surface area contributed by atoms with Crippen LogP contribution in [0.2, 0.25) is 0 Å². The Balaban J connectivity index is 1.22. The van der Waals surface area contributed by atoms with Crippen molar-refractivity contribution in [2.75, 3.05) is 0 Å². The minimum Gasteiger partial charge on any atom is -0.282 e. The molecule has 46 heavy (non-hydrogen) atoms. The third-order valence-corrected chi connectivity index (χ3v) is 10.1. The topological polar surface area (TPSA) is 82.7 Å². The number of thioether (sulfide) groups is 1. The standard InChI is InChI=1S/C38H33N7S/c39-37-44(41-36(46-37)29-24-25-29)26-27-20-22-28(23-21-27)33-18-10-11-19-34(33)35-40-42-43-45(35)38(30-12-4-1-5-13-30,31-14-6-2-7-15-31)32-16-8-3-9-17-32/h1-23,29,36,39,41H,24-26H2. The van der Waals surface area contributed by atoms with Gasteiger partial charge in [-0.15, -0.1) is 5.10 Å². The van der Waals surface area contributed by atoms with E-state index in [1.165, 1.54) is 12.8 Å². The second kappa shape index (κ2) is 12.0. The largest absolute Gasteiger partial charge is 0.282 e. The maximum absolute atomic E-state index is 8.45. The molecule has 7 nitrogen and oxygen atoms in total. The highest BCUT2D eigenvalue weighted by Gasteiger charge is 2.42. The molecule has 0 radical (unpaired) electrons. The molecule has 2 N–H and O–H groups in total. The van der Waals surface area contributed by atoms with Crippen LogP contribution in [0.25, 0.3) is 22.5 Å². The molecule has 5 aromatic carbocycles. The van der Waals surface area contributed by atoms with E-state index >= 15 is 0 Å². The maximum atomic E-state index is 8.45. The number of aromatic nitrogens is 4. The Labute approximate surface area is 272 Å². The molecule has 2 fully saturated rings. The number of benzene rings is 5. The summed E-state index contributed by atoms with van der Waals surface area (Å²) in [4.78, 5) is 0. The van der Waals surface area contributed by atoms with E-state index in [1.54, 1.807) is 11.8 Å². The lowest BCUT2D eigenvalue weighted by Gasteiger charge is -2.36. The van der Waals surface area contributed by atoms with E-state index in [4.69, 9.17) is 15.7 Å². The summed E-state index contributed by atoms with van der Waals surface area (Å²) in [7, 11) is 0. The molecule has 8 rings (SSSR count). The van der Waals surface area contributed by atoms with E-state index in [0.29, 0.717) is 28.8 Å². The summed E-state index contributed by atoms with van der Waals surface area (Å²) in [6.45, 7) is 0.656. The molecule has 1 saturated carbocycles. The van der Waals surface area contributed by atoms with E-state index in [9.17, 15) is 0 Å². The average molecular weight is 620 g/mol. The van der Waals surface area contributed by atoms with Crippen LogP contribution in [0.1, 0.15) is 35.1 Å². The second-order valence-corrected chi connectivity index (χ2v) is 13.0. The Morgan fingerprint density at radius 1 is 0.696 bits per heavy atom. The van der Waals surface area contributed by atoms with Crippen molar-refractivity contribution in [2.24, 2.45) is 5.92 Å². The number of hydrogen-bond donors (Lipinski definition) is 2. The zero-order chi connectivity index (χ0) is 30.9. The van der Waals surface area contributed by atoms with Crippen LogP contribution in [-0.2, 0) is 12.1 Å². The van der Waals surface area contributed by atoms with Gasteiger partial charge in [-0.25, -0.2) is 10.1 Å². The number of nitrogens with zero attached hydrogens (tertiary/aromatic N) is 5. The number of amidine groups is 1. The zero-order valence-electron chi connectivity index (χ0n) is 25.2. The third-order valence-electron chi connectivity index (χ3n) is 8.95. The molecule has 0 spiro atoms. The van der Waals surface area contributed by atoms with Crippen molar-refractivity contribution >= 4 is 16.9 Å². The third kappa shape index (κ3) is 5.09. The monoisotopic (exact) mass is 619 g/mol. The minimum absolute atomic E-state index is 0.333. The van der Waals surface area contributed by atoms with Crippen molar-refractivity contribution in [3.63, 3.8) is 0 Å². The number of hydrazine groups is 1. The fourth-order valence-corrected chi connectivity index (χ4v) is 7.66. The molecule has 1 atom stereocenters. The van der Waals surface area contributed by atoms with Crippen molar-refractivity contribution in [1.82, 2.24) is 30.6 Å². The summed E-state index contributed by atoms with van der Waals surface area (Å²) in [6, 6.07) is 48.4. The van der Waals surface area contributed by atoms with Crippen LogP contribution in [0.4, 0.5) is 0 Å². The van der Waals surface area contributed by atoms with Crippen LogP contribution in [0.5, 0.6) is 0 Å². The van der Waals surface area contributed by atoms with E-state index in [2.05, 4.69) is 126 Å². The quantitative estimate of drug-likeness (QED) is 0.163. The SMILES string of the molecule is N=C1SC(C2CC2)NN1Cc1ccc(-c2ccccc2-c2nnnn2C(c2ccccc2)(c2ccccc2)c2ccccc2)cc1. The molecule has 2 heterocycles. The van der Waals surface area contributed by atoms with Gasteiger partial charge in [-0.2, -0.15) is 0 Å². The highest BCUT2D eigenvalue weighted by Crippen LogP contribution is 2.44. The minimum atomic E-state index is -0.830. The first-order valence-corrected chi connectivity index (χ1v) is 16.5. The average Bonchev–Trinajstić information content (AvgIpc) is 3.75. The van der Waals surface area contributed by atoms with Gasteiger partial charge < -0.3 is 0 Å². The Morgan fingerprint density at radius 3 is 1.80 bits per heavy atom. The Morgan fingerprint density at radius 2 is 1.24 bits per heavy atom. The molecule has 0 amide bonds. The van der Waals surface area contributed by atoms with Gasteiger partial charge >= 0.3 is 0 Å². The number of nitrogens with one attached hydrogen (secondary N) is 2. The van der Waals surface area contributed by atoms with Gasteiger partial charge in [0.05, 0.1) is 11.9 Å². The summed E-state index contributed by atoms with van der Waals surface area (Å²) < 4.78 is 1.98. The van der Waals surface area contributed by atoms with Gasteiger partial charge in [0.25, 0.3) is 0 Å². The summed E-state index contributed by atoms with van der Waals surface area (Å²) in [5, 5.41) is 25.1. The van der Waals surface area contributed by atoms with Gasteiger partial charge in [-0.3, -0.25) is 10.4 Å². The Kier molecular flexibility index (Phi) is 7.44. The summed E-state index contributed by atoms with van der Waals surface area (Å²) in [6.07, 6.45) is 2.51. The predicted octanol–water partition coefficient (Wildman–Crippen LogP) is 7.57. The van der Waals surface area contributed by atoms with Crippen LogP contribution < -0.4 is 5.43 Å². The first-order chi connectivity index (χ1) is 22.7. The highest BCUT2D eigenvalue weighted by atomic mass is 32.2. The van der Waals surface area contributed by atoms with Gasteiger partial charge in [-0.05, 0) is 62.6 Å². The Bertz CT molecular complexity index is 1860. The van der Waals surface area contributed by atoms with Gasteiger partial charge in [0, 0.05) is 5.56 Å². The molecular weight excluding hydrogens is 587 g/mol. The molecule has 1 saturated heterocycles. The lowest BCUT2D eigenvalue weighted by Crippen LogP contribution is -2.39. The summed E-state index contributed by atoms with van der Waals surface area (Å²) in [5.41, 5.74) is 10.1. The lowest BCUT2D eigenvalue weighted by molar-refractivity contribution is 0.296. The number of rotatable bonds is 9. The molecule has 226 valence electrons. The first-order valence-electron chi connectivity index (χ1n) is 15.6. The van der Waals surface area contributed by atoms with Crippen molar-refractivity contribution < 1.29 is 0 Å². The molecule has 8 heteroatoms. The van der Waals surface area contributed by atoms with Crippen molar-refractivity contribution in [2.45, 2.75) is 30.3 Å². The van der Waals surface area contributed by atoms with Crippen molar-refractivity contribution in [3.8, 4) is 22.5 Å². The van der Waals surface area contributed by atoms with Crippen molar-refractivity contribution in [1.29, 1.82) is 5.41 Å². The molecule has 1 aromatic heterocycles. The van der Waals surface area contributed by atoms with Crippen LogP contribution in [0.3, 0.4) is 0 Å². The second-order valence-electron chi connectivity index (χ2n) is 11.9. The van der Waals surface area contributed by atoms with Gasteiger partial charge in [0.1, 0.15) is 5.54 Å². The molecule has 1 aliphatic heterocycles. The van der Waals surface area contributed by atoms with Crippen molar-refractivity contribution in [3.05, 3.63) is 162 Å². The molecule has 0 bridgehead atoms. The fourth-order valence-electron chi connectivity index (χ4n) is 6.53. The van der Waals surface area contributed by atoms with Gasteiger partial charge in [0.2, 0.25) is 0 Å². The molecular formula is C38H33N7S. The first kappa shape index (κ1) is 28.4.